The zero-order valence-electron chi connectivity index (χ0n) is 15.7. The predicted octanol–water partition coefficient (Wildman–Crippen LogP) is 1.01. The van der Waals surface area contributed by atoms with Crippen molar-refractivity contribution in [2.75, 3.05) is 13.1 Å². The van der Waals surface area contributed by atoms with Crippen molar-refractivity contribution in [1.82, 2.24) is 18.5 Å². The van der Waals surface area contributed by atoms with E-state index in [2.05, 4.69) is 5.10 Å². The fraction of sp³-hybridized carbons (Fsp3) is 0.588. The number of carbonyl (C=O) groups is 1. The third-order valence-electron chi connectivity index (χ3n) is 4.20. The molecule has 3 rings (SSSR count). The van der Waals surface area contributed by atoms with Crippen molar-refractivity contribution in [3.05, 3.63) is 28.8 Å². The van der Waals surface area contributed by atoms with Crippen molar-refractivity contribution in [3.8, 4) is 0 Å². The van der Waals surface area contributed by atoms with Crippen molar-refractivity contribution in [2.45, 2.75) is 57.1 Å². The molecule has 0 unspecified atom stereocenters. The standard InChI is InChI=1S/C17H24N4O5S/c1-17(2,3)26-15(22)12-21-16(23)20-11-13(7-8-14(20)18-21)27(24,25)19-9-5-4-6-10-19/h7-8,11H,4-6,9-10,12H2,1-3H3. The van der Waals surface area contributed by atoms with E-state index in [1.54, 1.807) is 20.8 Å². The molecule has 27 heavy (non-hydrogen) atoms. The zero-order chi connectivity index (χ0) is 19.8. The van der Waals surface area contributed by atoms with Gasteiger partial charge in [0.25, 0.3) is 0 Å². The second-order valence-corrected chi connectivity index (χ2v) is 9.52. The molecule has 0 spiro atoms. The largest absolute Gasteiger partial charge is 0.459 e. The summed E-state index contributed by atoms with van der Waals surface area (Å²) in [5.74, 6) is -0.589. The molecule has 0 radical (unpaired) electrons. The Hall–Kier alpha value is -2.20. The molecular weight excluding hydrogens is 372 g/mol. The first-order valence-corrected chi connectivity index (χ1v) is 10.3. The van der Waals surface area contributed by atoms with Crippen molar-refractivity contribution in [3.63, 3.8) is 0 Å². The first kappa shape index (κ1) is 19.6. The first-order valence-electron chi connectivity index (χ1n) is 8.89. The number of aromatic nitrogens is 3. The number of sulfonamides is 1. The maximum absolute atomic E-state index is 12.8. The molecule has 3 heterocycles. The van der Waals surface area contributed by atoms with E-state index in [-0.39, 0.29) is 17.1 Å². The Morgan fingerprint density at radius 1 is 1.19 bits per heavy atom. The van der Waals surface area contributed by atoms with Crippen molar-refractivity contribution < 1.29 is 17.9 Å². The highest BCUT2D eigenvalue weighted by atomic mass is 32.2. The van der Waals surface area contributed by atoms with Gasteiger partial charge in [0.15, 0.2) is 5.65 Å². The van der Waals surface area contributed by atoms with Gasteiger partial charge in [0.1, 0.15) is 12.1 Å². The molecule has 2 aromatic heterocycles. The highest BCUT2D eigenvalue weighted by Gasteiger charge is 2.27. The Balaban J connectivity index is 1.91. The van der Waals surface area contributed by atoms with Crippen molar-refractivity contribution in [2.24, 2.45) is 0 Å². The Labute approximate surface area is 157 Å². The minimum Gasteiger partial charge on any atom is -0.459 e. The van der Waals surface area contributed by atoms with Crippen molar-refractivity contribution in [1.29, 1.82) is 0 Å². The molecule has 9 nitrogen and oxygen atoms in total. The van der Waals surface area contributed by atoms with Crippen LogP contribution in [0.15, 0.2) is 28.0 Å². The normalized spacial score (nSPS) is 16.6. The van der Waals surface area contributed by atoms with Gasteiger partial charge in [-0.25, -0.2) is 22.3 Å². The van der Waals surface area contributed by atoms with E-state index >= 15 is 0 Å². The lowest BCUT2D eigenvalue weighted by Crippen LogP contribution is -2.36. The molecular formula is C17H24N4O5S. The topological polar surface area (TPSA) is 103 Å². The summed E-state index contributed by atoms with van der Waals surface area (Å²) < 4.78 is 34.3. The summed E-state index contributed by atoms with van der Waals surface area (Å²) in [6, 6.07) is 2.90. The molecule has 0 N–H and O–H groups in total. The highest BCUT2D eigenvalue weighted by molar-refractivity contribution is 7.89. The maximum Gasteiger partial charge on any atom is 0.350 e. The lowest BCUT2D eigenvalue weighted by atomic mass is 10.2. The number of hydrogen-bond acceptors (Lipinski definition) is 6. The molecule has 1 aliphatic rings. The SMILES string of the molecule is CC(C)(C)OC(=O)Cn1nc2ccc(S(=O)(=O)N3CCCCC3)cn2c1=O. The number of esters is 1. The van der Waals surface area contributed by atoms with Crippen LogP contribution in [0.1, 0.15) is 40.0 Å². The molecule has 0 aromatic carbocycles. The van der Waals surface area contributed by atoms with E-state index in [0.29, 0.717) is 13.1 Å². The number of carbonyl (C=O) groups excluding carboxylic acids is 1. The number of rotatable bonds is 4. The Morgan fingerprint density at radius 3 is 2.48 bits per heavy atom. The van der Waals surface area contributed by atoms with Crippen LogP contribution in [0, 0.1) is 0 Å². The fourth-order valence-corrected chi connectivity index (χ4v) is 4.52. The van der Waals surface area contributed by atoms with E-state index in [0.717, 1.165) is 28.3 Å². The second kappa shape index (κ2) is 7.08. The van der Waals surface area contributed by atoms with E-state index in [1.165, 1.54) is 22.6 Å². The van der Waals surface area contributed by atoms with Gasteiger partial charge < -0.3 is 4.74 Å². The fourth-order valence-electron chi connectivity index (χ4n) is 3.00. The number of ether oxygens (including phenoxy) is 1. The smallest absolute Gasteiger partial charge is 0.350 e. The number of nitrogens with zero attached hydrogens (tertiary/aromatic N) is 4. The highest BCUT2D eigenvalue weighted by Crippen LogP contribution is 2.20. The summed E-state index contributed by atoms with van der Waals surface area (Å²) in [5.41, 5.74) is -0.997. The summed E-state index contributed by atoms with van der Waals surface area (Å²) in [5, 5.41) is 4.08. The molecule has 10 heteroatoms. The van der Waals surface area contributed by atoms with Gasteiger partial charge in [-0.3, -0.25) is 4.79 Å². The van der Waals surface area contributed by atoms with Crippen molar-refractivity contribution >= 4 is 21.6 Å². The van der Waals surface area contributed by atoms with Gasteiger partial charge in [-0.2, -0.15) is 4.31 Å². The van der Waals surface area contributed by atoms with E-state index in [4.69, 9.17) is 4.74 Å². The molecule has 0 saturated carbocycles. The molecule has 0 aliphatic carbocycles. The van der Waals surface area contributed by atoms with Crippen LogP contribution in [-0.4, -0.2) is 51.6 Å². The van der Waals surface area contributed by atoms with Gasteiger partial charge in [-0.05, 0) is 45.7 Å². The van der Waals surface area contributed by atoms with Crippen LogP contribution in [0.4, 0.5) is 0 Å². The Bertz CT molecular complexity index is 1010. The molecule has 1 fully saturated rings. The van der Waals surface area contributed by atoms with Gasteiger partial charge >= 0.3 is 11.7 Å². The van der Waals surface area contributed by atoms with Crippen LogP contribution in [0.2, 0.25) is 0 Å². The van der Waals surface area contributed by atoms with Gasteiger partial charge in [-0.1, -0.05) is 6.42 Å². The molecule has 2 aromatic rings. The minimum absolute atomic E-state index is 0.0378. The molecule has 1 aliphatic heterocycles. The van der Waals surface area contributed by atoms with Crippen LogP contribution < -0.4 is 5.69 Å². The van der Waals surface area contributed by atoms with Crippen LogP contribution in [0.25, 0.3) is 5.65 Å². The predicted molar refractivity (Wildman–Crippen MR) is 97.9 cm³/mol. The lowest BCUT2D eigenvalue weighted by molar-refractivity contribution is -0.155. The van der Waals surface area contributed by atoms with Gasteiger partial charge in [0.05, 0.1) is 4.90 Å². The lowest BCUT2D eigenvalue weighted by Gasteiger charge is -2.25. The summed E-state index contributed by atoms with van der Waals surface area (Å²) in [6.07, 6.45) is 3.94. The Kier molecular flexibility index (Phi) is 5.13. The number of pyridine rings is 1. The van der Waals surface area contributed by atoms with Crippen LogP contribution in [0.5, 0.6) is 0 Å². The average molecular weight is 396 g/mol. The molecule has 1 saturated heterocycles. The van der Waals surface area contributed by atoms with E-state index in [9.17, 15) is 18.0 Å². The second-order valence-electron chi connectivity index (χ2n) is 7.58. The van der Waals surface area contributed by atoms with Crippen LogP contribution in [-0.2, 0) is 26.1 Å². The third kappa shape index (κ3) is 4.22. The van der Waals surface area contributed by atoms with Crippen LogP contribution >= 0.6 is 0 Å². The molecule has 0 amide bonds. The molecule has 148 valence electrons. The average Bonchev–Trinajstić information content (AvgIpc) is 2.89. The summed E-state index contributed by atoms with van der Waals surface area (Å²) >= 11 is 0. The molecule has 0 atom stereocenters. The summed E-state index contributed by atoms with van der Waals surface area (Å²) in [4.78, 5) is 24.5. The van der Waals surface area contributed by atoms with Gasteiger partial charge in [0, 0.05) is 19.3 Å². The number of fused-ring (bicyclic) bond motifs is 1. The zero-order valence-corrected chi connectivity index (χ0v) is 16.5. The third-order valence-corrected chi connectivity index (χ3v) is 6.08. The minimum atomic E-state index is -3.66. The maximum atomic E-state index is 12.8. The van der Waals surface area contributed by atoms with Crippen LogP contribution in [0.3, 0.4) is 0 Å². The Morgan fingerprint density at radius 2 is 1.85 bits per heavy atom. The monoisotopic (exact) mass is 396 g/mol. The molecule has 0 bridgehead atoms. The quantitative estimate of drug-likeness (QED) is 0.715. The van der Waals surface area contributed by atoms with E-state index in [1.807, 2.05) is 0 Å². The summed E-state index contributed by atoms with van der Waals surface area (Å²) in [6.45, 7) is 5.81. The summed E-state index contributed by atoms with van der Waals surface area (Å²) in [7, 11) is -3.66. The first-order chi connectivity index (χ1) is 12.6. The van der Waals surface area contributed by atoms with Gasteiger partial charge in [-0.15, -0.1) is 5.10 Å². The van der Waals surface area contributed by atoms with Gasteiger partial charge in [0.2, 0.25) is 10.0 Å². The number of hydrogen-bond donors (Lipinski definition) is 0. The van der Waals surface area contributed by atoms with E-state index < -0.39 is 27.3 Å². The number of piperidine rings is 1.